The second-order valence-corrected chi connectivity index (χ2v) is 3.29. The maximum Gasteiger partial charge on any atom is 0.335 e. The SMILES string of the molecule is NC(=O)c1ccc(C2=NNC(=O)NC2)cc1. The predicted octanol–water partition coefficient (Wildman–Crippen LogP) is -0.198. The largest absolute Gasteiger partial charge is 0.366 e. The van der Waals surface area contributed by atoms with Crippen molar-refractivity contribution in [1.29, 1.82) is 0 Å². The molecule has 1 aromatic rings. The zero-order chi connectivity index (χ0) is 11.5. The van der Waals surface area contributed by atoms with Crippen molar-refractivity contribution in [2.24, 2.45) is 10.8 Å². The normalized spacial score (nSPS) is 14.8. The second kappa shape index (κ2) is 4.01. The van der Waals surface area contributed by atoms with Gasteiger partial charge in [0.25, 0.3) is 0 Å². The molecule has 0 unspecified atom stereocenters. The smallest absolute Gasteiger partial charge is 0.335 e. The van der Waals surface area contributed by atoms with Crippen LogP contribution in [0.5, 0.6) is 0 Å². The van der Waals surface area contributed by atoms with E-state index in [9.17, 15) is 9.59 Å². The summed E-state index contributed by atoms with van der Waals surface area (Å²) in [7, 11) is 0. The number of nitrogens with one attached hydrogen (secondary N) is 2. The van der Waals surface area contributed by atoms with Gasteiger partial charge in [-0.05, 0) is 17.7 Å². The number of benzene rings is 1. The Morgan fingerprint density at radius 2 is 2.00 bits per heavy atom. The fourth-order valence-electron chi connectivity index (χ4n) is 1.35. The van der Waals surface area contributed by atoms with Crippen LogP contribution < -0.4 is 16.5 Å². The Hall–Kier alpha value is -2.37. The number of urea groups is 1. The van der Waals surface area contributed by atoms with Gasteiger partial charge in [-0.25, -0.2) is 10.2 Å². The molecule has 1 aliphatic heterocycles. The van der Waals surface area contributed by atoms with E-state index in [0.717, 1.165) is 5.56 Å². The van der Waals surface area contributed by atoms with Crippen LogP contribution in [0.4, 0.5) is 4.79 Å². The Bertz CT molecular complexity index is 464. The maximum atomic E-state index is 10.9. The van der Waals surface area contributed by atoms with Gasteiger partial charge in [0, 0.05) is 5.56 Å². The van der Waals surface area contributed by atoms with Crippen LogP contribution in [0.3, 0.4) is 0 Å². The predicted molar refractivity (Wildman–Crippen MR) is 58.0 cm³/mol. The van der Waals surface area contributed by atoms with E-state index in [0.29, 0.717) is 17.8 Å². The first-order valence-electron chi connectivity index (χ1n) is 4.67. The highest BCUT2D eigenvalue weighted by molar-refractivity contribution is 6.05. The quantitative estimate of drug-likeness (QED) is 0.641. The number of carbonyl (C=O) groups is 2. The Kier molecular flexibility index (Phi) is 2.55. The molecule has 0 fully saturated rings. The van der Waals surface area contributed by atoms with Crippen molar-refractivity contribution < 1.29 is 9.59 Å². The minimum Gasteiger partial charge on any atom is -0.366 e. The molecule has 3 amide bonds. The van der Waals surface area contributed by atoms with Crippen molar-refractivity contribution in [3.05, 3.63) is 35.4 Å². The Labute approximate surface area is 91.5 Å². The molecule has 0 saturated heterocycles. The van der Waals surface area contributed by atoms with Crippen molar-refractivity contribution >= 4 is 17.6 Å². The average molecular weight is 218 g/mol. The fraction of sp³-hybridized carbons (Fsp3) is 0.100. The van der Waals surface area contributed by atoms with Gasteiger partial charge in [0.15, 0.2) is 0 Å². The van der Waals surface area contributed by atoms with Gasteiger partial charge in [-0.3, -0.25) is 4.79 Å². The summed E-state index contributed by atoms with van der Waals surface area (Å²) in [5.74, 6) is -0.469. The Morgan fingerprint density at radius 3 is 2.50 bits per heavy atom. The molecule has 1 heterocycles. The van der Waals surface area contributed by atoms with Crippen molar-refractivity contribution in [3.63, 3.8) is 0 Å². The number of hydrogen-bond donors (Lipinski definition) is 3. The monoisotopic (exact) mass is 218 g/mol. The van der Waals surface area contributed by atoms with E-state index in [-0.39, 0.29) is 6.03 Å². The molecule has 1 aromatic carbocycles. The molecule has 0 radical (unpaired) electrons. The summed E-state index contributed by atoms with van der Waals surface area (Å²) in [5, 5.41) is 6.49. The van der Waals surface area contributed by atoms with Crippen LogP contribution in [0.2, 0.25) is 0 Å². The molecule has 0 atom stereocenters. The van der Waals surface area contributed by atoms with E-state index in [1.54, 1.807) is 24.3 Å². The summed E-state index contributed by atoms with van der Waals surface area (Å²) in [6, 6.07) is 6.39. The minimum atomic E-state index is -0.469. The Balaban J connectivity index is 2.22. The average Bonchev–Trinajstić information content (AvgIpc) is 2.30. The lowest BCUT2D eigenvalue weighted by molar-refractivity contribution is 0.100. The van der Waals surface area contributed by atoms with Gasteiger partial charge < -0.3 is 11.1 Å². The second-order valence-electron chi connectivity index (χ2n) is 3.29. The molecule has 6 nitrogen and oxygen atoms in total. The van der Waals surface area contributed by atoms with Gasteiger partial charge in [0.2, 0.25) is 5.91 Å². The molecule has 4 N–H and O–H groups in total. The summed E-state index contributed by atoms with van der Waals surface area (Å²) in [4.78, 5) is 21.6. The van der Waals surface area contributed by atoms with Crippen molar-refractivity contribution in [3.8, 4) is 0 Å². The minimum absolute atomic E-state index is 0.322. The van der Waals surface area contributed by atoms with E-state index >= 15 is 0 Å². The van der Waals surface area contributed by atoms with E-state index in [4.69, 9.17) is 5.73 Å². The molecular weight excluding hydrogens is 208 g/mol. The first-order valence-corrected chi connectivity index (χ1v) is 4.67. The molecule has 0 aliphatic carbocycles. The lowest BCUT2D eigenvalue weighted by atomic mass is 10.1. The third kappa shape index (κ3) is 2.00. The summed E-state index contributed by atoms with van der Waals surface area (Å²) >= 11 is 0. The third-order valence-corrected chi connectivity index (χ3v) is 2.21. The molecule has 82 valence electrons. The van der Waals surface area contributed by atoms with Crippen LogP contribution in [-0.4, -0.2) is 24.2 Å². The molecule has 16 heavy (non-hydrogen) atoms. The highest BCUT2D eigenvalue weighted by atomic mass is 16.2. The summed E-state index contributed by atoms with van der Waals surface area (Å²) in [6.07, 6.45) is 0. The van der Waals surface area contributed by atoms with Crippen LogP contribution in [0.15, 0.2) is 29.4 Å². The van der Waals surface area contributed by atoms with E-state index in [1.807, 2.05) is 0 Å². The molecular formula is C10H10N4O2. The van der Waals surface area contributed by atoms with Gasteiger partial charge in [-0.2, -0.15) is 5.10 Å². The zero-order valence-electron chi connectivity index (χ0n) is 8.36. The highest BCUT2D eigenvalue weighted by Gasteiger charge is 2.12. The number of primary amides is 1. The number of nitrogens with zero attached hydrogens (tertiary/aromatic N) is 1. The summed E-state index contributed by atoms with van der Waals surface area (Å²) in [5.41, 5.74) is 9.41. The maximum absolute atomic E-state index is 10.9. The van der Waals surface area contributed by atoms with Crippen molar-refractivity contribution in [1.82, 2.24) is 10.7 Å². The third-order valence-electron chi connectivity index (χ3n) is 2.21. The lowest BCUT2D eigenvalue weighted by Gasteiger charge is -2.13. The van der Waals surface area contributed by atoms with Crippen molar-refractivity contribution in [2.75, 3.05) is 6.54 Å². The van der Waals surface area contributed by atoms with Gasteiger partial charge in [0.05, 0.1) is 12.3 Å². The first-order chi connectivity index (χ1) is 7.66. The van der Waals surface area contributed by atoms with Crippen LogP contribution in [0, 0.1) is 0 Å². The van der Waals surface area contributed by atoms with Crippen LogP contribution in [0.25, 0.3) is 0 Å². The van der Waals surface area contributed by atoms with E-state index in [1.165, 1.54) is 0 Å². The van der Waals surface area contributed by atoms with Crippen LogP contribution in [-0.2, 0) is 0 Å². The number of carbonyl (C=O) groups excluding carboxylic acids is 2. The van der Waals surface area contributed by atoms with Crippen LogP contribution in [0.1, 0.15) is 15.9 Å². The number of rotatable bonds is 2. The summed E-state index contributed by atoms with van der Waals surface area (Å²) < 4.78 is 0. The van der Waals surface area contributed by atoms with Crippen LogP contribution >= 0.6 is 0 Å². The van der Waals surface area contributed by atoms with Crippen molar-refractivity contribution in [2.45, 2.75) is 0 Å². The van der Waals surface area contributed by atoms with Gasteiger partial charge >= 0.3 is 6.03 Å². The summed E-state index contributed by atoms with van der Waals surface area (Å²) in [6.45, 7) is 0.363. The molecule has 0 aromatic heterocycles. The molecule has 6 heteroatoms. The zero-order valence-corrected chi connectivity index (χ0v) is 8.36. The molecule has 2 rings (SSSR count). The lowest BCUT2D eigenvalue weighted by Crippen LogP contribution is -2.42. The van der Waals surface area contributed by atoms with Gasteiger partial charge in [-0.1, -0.05) is 12.1 Å². The highest BCUT2D eigenvalue weighted by Crippen LogP contribution is 2.06. The molecule has 0 saturated carbocycles. The molecule has 0 bridgehead atoms. The van der Waals surface area contributed by atoms with E-state index < -0.39 is 5.91 Å². The topological polar surface area (TPSA) is 96.6 Å². The number of hydrazone groups is 1. The standard InChI is InChI=1S/C10H10N4O2/c11-9(15)7-3-1-6(2-4-7)8-5-12-10(16)14-13-8/h1-4H,5H2,(H2,11,15)(H2,12,14,16). The van der Waals surface area contributed by atoms with Gasteiger partial charge in [-0.15, -0.1) is 0 Å². The number of amides is 3. The Morgan fingerprint density at radius 1 is 1.31 bits per heavy atom. The van der Waals surface area contributed by atoms with Gasteiger partial charge in [0.1, 0.15) is 0 Å². The molecule has 0 spiro atoms. The fourth-order valence-corrected chi connectivity index (χ4v) is 1.35. The number of nitrogens with two attached hydrogens (primary N) is 1. The number of hydrogen-bond acceptors (Lipinski definition) is 3. The molecule has 1 aliphatic rings. The first kappa shape index (κ1) is 10.2. The van der Waals surface area contributed by atoms with E-state index in [2.05, 4.69) is 15.8 Å².